The Morgan fingerprint density at radius 2 is 1.90 bits per heavy atom. The topological polar surface area (TPSA) is 37.4 Å². The number of piperazine rings is 1. The minimum absolute atomic E-state index is 0. The van der Waals surface area contributed by atoms with E-state index in [1.165, 1.54) is 32.1 Å². The first kappa shape index (κ1) is 16.4. The summed E-state index contributed by atoms with van der Waals surface area (Å²) >= 11 is 0. The second-order valence-corrected chi connectivity index (χ2v) is 5.89. The first-order chi connectivity index (χ1) is 9.92. The molecular formula is C16H26ClN3O. The van der Waals surface area contributed by atoms with Crippen molar-refractivity contribution in [3.05, 3.63) is 18.2 Å². The Kier molecular flexibility index (Phi) is 6.58. The molecular weight excluding hydrogens is 286 g/mol. The van der Waals surface area contributed by atoms with Gasteiger partial charge in [0, 0.05) is 32.2 Å². The minimum Gasteiger partial charge on any atom is -0.477 e. The van der Waals surface area contributed by atoms with Gasteiger partial charge in [-0.15, -0.1) is 12.4 Å². The zero-order valence-corrected chi connectivity index (χ0v) is 13.4. The molecule has 1 aliphatic carbocycles. The van der Waals surface area contributed by atoms with Crippen LogP contribution in [0.25, 0.3) is 0 Å². The van der Waals surface area contributed by atoms with Crippen LogP contribution in [-0.2, 0) is 0 Å². The average Bonchev–Trinajstić information content (AvgIpc) is 2.55. The molecule has 0 atom stereocenters. The molecule has 1 aromatic rings. The Bertz CT molecular complexity index is 418. The number of ether oxygens (including phenoxy) is 1. The maximum Gasteiger partial charge on any atom is 0.215 e. The van der Waals surface area contributed by atoms with Crippen molar-refractivity contribution < 1.29 is 4.74 Å². The molecule has 1 aromatic heterocycles. The smallest absolute Gasteiger partial charge is 0.215 e. The van der Waals surface area contributed by atoms with Crippen LogP contribution >= 0.6 is 12.4 Å². The quantitative estimate of drug-likeness (QED) is 0.928. The lowest BCUT2D eigenvalue weighted by Crippen LogP contribution is -2.43. The van der Waals surface area contributed by atoms with Crippen LogP contribution in [0.3, 0.4) is 0 Å². The van der Waals surface area contributed by atoms with E-state index < -0.39 is 0 Å². The lowest BCUT2D eigenvalue weighted by Gasteiger charge is -2.28. The number of hydrogen-bond donors (Lipinski definition) is 1. The fourth-order valence-corrected chi connectivity index (χ4v) is 3.11. The molecule has 0 amide bonds. The first-order valence-electron chi connectivity index (χ1n) is 7.97. The van der Waals surface area contributed by atoms with Crippen molar-refractivity contribution in [2.75, 3.05) is 37.7 Å². The van der Waals surface area contributed by atoms with E-state index in [1.54, 1.807) is 0 Å². The number of nitrogens with one attached hydrogen (secondary N) is 1. The number of hydrogen-bond acceptors (Lipinski definition) is 4. The Morgan fingerprint density at radius 1 is 1.14 bits per heavy atom. The van der Waals surface area contributed by atoms with Crippen molar-refractivity contribution in [3.63, 3.8) is 0 Å². The van der Waals surface area contributed by atoms with Crippen LogP contribution in [0.4, 0.5) is 5.82 Å². The minimum atomic E-state index is 0. The van der Waals surface area contributed by atoms with Gasteiger partial charge in [-0.1, -0.05) is 25.3 Å². The van der Waals surface area contributed by atoms with Gasteiger partial charge in [0.2, 0.25) is 5.88 Å². The van der Waals surface area contributed by atoms with Gasteiger partial charge < -0.3 is 15.0 Å². The van der Waals surface area contributed by atoms with Crippen molar-refractivity contribution in [1.29, 1.82) is 0 Å². The Labute approximate surface area is 133 Å². The van der Waals surface area contributed by atoms with Crippen LogP contribution < -0.4 is 15.0 Å². The summed E-state index contributed by atoms with van der Waals surface area (Å²) in [7, 11) is 0. The zero-order chi connectivity index (χ0) is 13.6. The normalized spacial score (nSPS) is 19.9. The van der Waals surface area contributed by atoms with E-state index in [0.29, 0.717) is 0 Å². The number of anilines is 1. The van der Waals surface area contributed by atoms with Crippen LogP contribution in [0, 0.1) is 5.92 Å². The molecule has 1 saturated heterocycles. The van der Waals surface area contributed by atoms with E-state index in [0.717, 1.165) is 50.4 Å². The Morgan fingerprint density at radius 3 is 2.67 bits per heavy atom. The fraction of sp³-hybridized carbons (Fsp3) is 0.688. The number of halogens is 1. The van der Waals surface area contributed by atoms with Crippen molar-refractivity contribution in [2.45, 2.75) is 32.1 Å². The van der Waals surface area contributed by atoms with Crippen LogP contribution in [0.1, 0.15) is 32.1 Å². The summed E-state index contributed by atoms with van der Waals surface area (Å²) in [5.41, 5.74) is 0. The molecule has 2 heterocycles. The molecule has 0 aromatic carbocycles. The predicted molar refractivity (Wildman–Crippen MR) is 88.6 cm³/mol. The summed E-state index contributed by atoms with van der Waals surface area (Å²) in [6.45, 7) is 4.96. The second-order valence-electron chi connectivity index (χ2n) is 5.89. The fourth-order valence-electron chi connectivity index (χ4n) is 3.11. The van der Waals surface area contributed by atoms with Gasteiger partial charge in [-0.25, -0.2) is 0 Å². The average molecular weight is 312 g/mol. The lowest BCUT2D eigenvalue weighted by atomic mass is 9.90. The highest BCUT2D eigenvalue weighted by Gasteiger charge is 2.15. The van der Waals surface area contributed by atoms with Gasteiger partial charge in [-0.3, -0.25) is 0 Å². The molecule has 0 spiro atoms. The van der Waals surface area contributed by atoms with Gasteiger partial charge in [0.1, 0.15) is 5.82 Å². The summed E-state index contributed by atoms with van der Waals surface area (Å²) in [4.78, 5) is 6.98. The summed E-state index contributed by atoms with van der Waals surface area (Å²) in [5.74, 6) is 2.56. The van der Waals surface area contributed by atoms with Crippen LogP contribution in [0.5, 0.6) is 5.88 Å². The molecule has 4 nitrogen and oxygen atoms in total. The van der Waals surface area contributed by atoms with Crippen molar-refractivity contribution >= 4 is 18.2 Å². The van der Waals surface area contributed by atoms with E-state index in [1.807, 2.05) is 6.07 Å². The number of nitrogens with zero attached hydrogens (tertiary/aromatic N) is 2. The molecule has 21 heavy (non-hydrogen) atoms. The standard InChI is InChI=1S/C16H25N3O.ClH/c1-2-5-14(6-3-1)13-20-16-8-4-7-15(18-16)19-11-9-17-10-12-19;/h4,7-8,14,17H,1-3,5-6,9-13H2;1H. The molecule has 1 aliphatic heterocycles. The number of pyridine rings is 1. The zero-order valence-electron chi connectivity index (χ0n) is 12.6. The largest absolute Gasteiger partial charge is 0.477 e. The maximum atomic E-state index is 5.92. The number of rotatable bonds is 4. The van der Waals surface area contributed by atoms with Crippen LogP contribution in [0.2, 0.25) is 0 Å². The highest BCUT2D eigenvalue weighted by Crippen LogP contribution is 2.24. The van der Waals surface area contributed by atoms with Crippen molar-refractivity contribution in [1.82, 2.24) is 10.3 Å². The van der Waals surface area contributed by atoms with Crippen LogP contribution in [0.15, 0.2) is 18.2 Å². The van der Waals surface area contributed by atoms with Gasteiger partial charge in [-0.05, 0) is 24.8 Å². The van der Waals surface area contributed by atoms with E-state index in [4.69, 9.17) is 4.74 Å². The van der Waals surface area contributed by atoms with Crippen LogP contribution in [-0.4, -0.2) is 37.8 Å². The Balaban J connectivity index is 0.00000161. The highest BCUT2D eigenvalue weighted by atomic mass is 35.5. The van der Waals surface area contributed by atoms with Gasteiger partial charge >= 0.3 is 0 Å². The summed E-state index contributed by atoms with van der Waals surface area (Å²) in [5, 5.41) is 3.37. The molecule has 0 bridgehead atoms. The summed E-state index contributed by atoms with van der Waals surface area (Å²) in [6.07, 6.45) is 6.76. The molecule has 1 N–H and O–H groups in total. The summed E-state index contributed by atoms with van der Waals surface area (Å²) < 4.78 is 5.92. The van der Waals surface area contributed by atoms with Gasteiger partial charge in [0.05, 0.1) is 6.61 Å². The van der Waals surface area contributed by atoms with Gasteiger partial charge in [-0.2, -0.15) is 4.98 Å². The highest BCUT2D eigenvalue weighted by molar-refractivity contribution is 5.85. The first-order valence-corrected chi connectivity index (χ1v) is 7.97. The molecule has 118 valence electrons. The predicted octanol–water partition coefficient (Wildman–Crippen LogP) is 2.87. The van der Waals surface area contributed by atoms with E-state index in [-0.39, 0.29) is 12.4 Å². The Hall–Kier alpha value is -1.00. The SMILES string of the molecule is Cl.c1cc(OCC2CCCCC2)nc(N2CCNCC2)c1. The van der Waals surface area contributed by atoms with E-state index >= 15 is 0 Å². The maximum absolute atomic E-state index is 5.92. The molecule has 3 rings (SSSR count). The lowest BCUT2D eigenvalue weighted by molar-refractivity contribution is 0.203. The molecule has 0 radical (unpaired) electrons. The third-order valence-electron chi connectivity index (χ3n) is 4.34. The summed E-state index contributed by atoms with van der Waals surface area (Å²) in [6, 6.07) is 6.12. The third kappa shape index (κ3) is 4.75. The van der Waals surface area contributed by atoms with E-state index in [2.05, 4.69) is 27.3 Å². The monoisotopic (exact) mass is 311 g/mol. The number of aromatic nitrogens is 1. The molecule has 2 aliphatic rings. The van der Waals surface area contributed by atoms with Crippen molar-refractivity contribution in [2.24, 2.45) is 5.92 Å². The van der Waals surface area contributed by atoms with Gasteiger partial charge in [0.25, 0.3) is 0 Å². The second kappa shape index (κ2) is 8.44. The molecule has 1 saturated carbocycles. The molecule has 5 heteroatoms. The van der Waals surface area contributed by atoms with Gasteiger partial charge in [0.15, 0.2) is 0 Å². The van der Waals surface area contributed by atoms with Crippen molar-refractivity contribution in [3.8, 4) is 5.88 Å². The van der Waals surface area contributed by atoms with E-state index in [9.17, 15) is 0 Å². The third-order valence-corrected chi connectivity index (χ3v) is 4.34. The molecule has 2 fully saturated rings. The molecule has 0 unspecified atom stereocenters.